The fourth-order valence-corrected chi connectivity index (χ4v) is 3.08. The van der Waals surface area contributed by atoms with Crippen molar-refractivity contribution in [3.63, 3.8) is 0 Å². The lowest BCUT2D eigenvalue weighted by atomic mass is 10.0. The van der Waals surface area contributed by atoms with Crippen LogP contribution >= 0.6 is 11.8 Å². The van der Waals surface area contributed by atoms with Gasteiger partial charge in [-0.2, -0.15) is 13.2 Å². The van der Waals surface area contributed by atoms with Crippen LogP contribution in [0.5, 0.6) is 0 Å². The number of oxime groups is 2. The number of hydrogen-bond donors (Lipinski definition) is 1. The quantitative estimate of drug-likeness (QED) is 0.300. The van der Waals surface area contributed by atoms with Crippen molar-refractivity contribution >= 4 is 28.2 Å². The second-order valence-electron chi connectivity index (χ2n) is 5.87. The number of alkyl halides is 3. The molecule has 0 amide bonds. The van der Waals surface area contributed by atoms with Gasteiger partial charge in [-0.1, -0.05) is 46.7 Å². The summed E-state index contributed by atoms with van der Waals surface area (Å²) < 4.78 is 38.6. The van der Waals surface area contributed by atoms with Crippen LogP contribution in [-0.2, 0) is 17.6 Å². The highest BCUT2D eigenvalue weighted by Crippen LogP contribution is 2.29. The topological polar surface area (TPSA) is 66.5 Å². The van der Waals surface area contributed by atoms with Gasteiger partial charge in [-0.15, -0.1) is 11.8 Å². The molecule has 0 atom stereocenters. The number of hydrogen-bond acceptors (Lipinski definition) is 6. The van der Waals surface area contributed by atoms with Crippen LogP contribution in [0.25, 0.3) is 0 Å². The highest BCUT2D eigenvalue weighted by Gasteiger charge is 2.30. The predicted molar refractivity (Wildman–Crippen MR) is 110 cm³/mol. The number of nitrogens with zero attached hydrogens (tertiary/aromatic N) is 3. The largest absolute Gasteiger partial charge is 0.416 e. The molecule has 0 aromatic heterocycles. The standard InChI is InChI=1S/C20H20F3N3O2S/c1-13(14-8-6-9-16(11-14)20(21,22)23)26-28-12-15-7-4-5-10-17(15)18(25-27)19(24-2)29-3/h4-11,27H,12H2,1-3H3/b24-19?,25-18?,26-13+. The Hall–Kier alpha value is -2.81. The third-order valence-electron chi connectivity index (χ3n) is 4.00. The van der Waals surface area contributed by atoms with Gasteiger partial charge >= 0.3 is 6.18 Å². The summed E-state index contributed by atoms with van der Waals surface area (Å²) in [6.45, 7) is 1.61. The molecular formula is C20H20F3N3O2S. The second kappa shape index (κ2) is 10.1. The van der Waals surface area contributed by atoms with Gasteiger partial charge < -0.3 is 10.0 Å². The van der Waals surface area contributed by atoms with E-state index in [1.165, 1.54) is 23.9 Å². The van der Waals surface area contributed by atoms with E-state index >= 15 is 0 Å². The summed E-state index contributed by atoms with van der Waals surface area (Å²) in [5.41, 5.74) is 1.49. The Kier molecular flexibility index (Phi) is 7.83. The van der Waals surface area contributed by atoms with Crippen molar-refractivity contribution in [1.82, 2.24) is 0 Å². The molecule has 0 unspecified atom stereocenters. The monoisotopic (exact) mass is 423 g/mol. The first-order valence-electron chi connectivity index (χ1n) is 8.47. The summed E-state index contributed by atoms with van der Waals surface area (Å²) in [5, 5.41) is 17.3. The minimum Gasteiger partial charge on any atom is -0.410 e. The molecule has 2 aromatic carbocycles. The number of rotatable bonds is 6. The fourth-order valence-electron chi connectivity index (χ4n) is 2.55. The Morgan fingerprint density at radius 2 is 1.86 bits per heavy atom. The van der Waals surface area contributed by atoms with Crippen molar-refractivity contribution in [2.75, 3.05) is 13.3 Å². The van der Waals surface area contributed by atoms with Crippen LogP contribution in [0.15, 0.2) is 63.8 Å². The number of aliphatic imine (C=N–C) groups is 1. The molecule has 0 aliphatic carbocycles. The van der Waals surface area contributed by atoms with Gasteiger partial charge in [0.2, 0.25) is 0 Å². The molecule has 154 valence electrons. The van der Waals surface area contributed by atoms with E-state index in [1.54, 1.807) is 38.2 Å². The summed E-state index contributed by atoms with van der Waals surface area (Å²) in [5.74, 6) is 0. The van der Waals surface area contributed by atoms with Gasteiger partial charge in [0.25, 0.3) is 0 Å². The molecule has 0 radical (unpaired) electrons. The molecule has 29 heavy (non-hydrogen) atoms. The molecule has 0 aliphatic heterocycles. The molecular weight excluding hydrogens is 403 g/mol. The zero-order valence-corrected chi connectivity index (χ0v) is 16.9. The van der Waals surface area contributed by atoms with Gasteiger partial charge in [-0.3, -0.25) is 4.99 Å². The average Bonchev–Trinajstić information content (AvgIpc) is 2.72. The third kappa shape index (κ3) is 5.83. The van der Waals surface area contributed by atoms with Crippen LogP contribution in [-0.4, -0.2) is 35.0 Å². The zero-order valence-electron chi connectivity index (χ0n) is 16.1. The van der Waals surface area contributed by atoms with E-state index in [2.05, 4.69) is 15.3 Å². The summed E-state index contributed by atoms with van der Waals surface area (Å²) in [4.78, 5) is 9.47. The third-order valence-corrected chi connectivity index (χ3v) is 4.76. The van der Waals surface area contributed by atoms with Crippen molar-refractivity contribution in [2.45, 2.75) is 19.7 Å². The molecule has 0 saturated heterocycles. The Morgan fingerprint density at radius 3 is 2.48 bits per heavy atom. The van der Waals surface area contributed by atoms with E-state index in [0.717, 1.165) is 12.1 Å². The van der Waals surface area contributed by atoms with Gasteiger partial charge in [-0.05, 0) is 30.9 Å². The summed E-state index contributed by atoms with van der Waals surface area (Å²) in [6, 6.07) is 12.0. The van der Waals surface area contributed by atoms with Crippen molar-refractivity contribution in [3.05, 3.63) is 70.8 Å². The van der Waals surface area contributed by atoms with E-state index in [1.807, 2.05) is 6.26 Å². The first-order valence-corrected chi connectivity index (χ1v) is 9.70. The van der Waals surface area contributed by atoms with Gasteiger partial charge in [-0.25, -0.2) is 0 Å². The SMILES string of the molecule is CN=C(SC)C(=NO)c1ccccc1CO/N=C(\C)c1cccc(C(F)(F)F)c1. The Labute approximate surface area is 171 Å². The van der Waals surface area contributed by atoms with Crippen LogP contribution in [0.3, 0.4) is 0 Å². The zero-order chi connectivity index (χ0) is 21.4. The van der Waals surface area contributed by atoms with E-state index in [0.29, 0.717) is 33.2 Å². The minimum atomic E-state index is -4.42. The molecule has 2 rings (SSSR count). The highest BCUT2D eigenvalue weighted by atomic mass is 32.2. The van der Waals surface area contributed by atoms with Gasteiger partial charge in [0.05, 0.1) is 11.3 Å². The molecule has 0 heterocycles. The molecule has 0 saturated carbocycles. The lowest BCUT2D eigenvalue weighted by molar-refractivity contribution is -0.137. The Balaban J connectivity index is 2.21. The summed E-state index contributed by atoms with van der Waals surface area (Å²) in [6.07, 6.45) is -2.61. The van der Waals surface area contributed by atoms with E-state index in [4.69, 9.17) is 4.84 Å². The van der Waals surface area contributed by atoms with E-state index in [9.17, 15) is 18.4 Å². The lowest BCUT2D eigenvalue weighted by Crippen LogP contribution is -2.15. The molecule has 1 N–H and O–H groups in total. The maximum Gasteiger partial charge on any atom is 0.416 e. The lowest BCUT2D eigenvalue weighted by Gasteiger charge is -2.11. The fraction of sp³-hybridized carbons (Fsp3) is 0.250. The van der Waals surface area contributed by atoms with Gasteiger partial charge in [0, 0.05) is 18.2 Å². The maximum atomic E-state index is 12.9. The summed E-state index contributed by atoms with van der Waals surface area (Å²) >= 11 is 1.33. The Bertz CT molecular complexity index is 941. The second-order valence-corrected chi connectivity index (χ2v) is 6.66. The first-order chi connectivity index (χ1) is 13.8. The predicted octanol–water partition coefficient (Wildman–Crippen LogP) is 5.22. The van der Waals surface area contributed by atoms with Crippen molar-refractivity contribution in [2.24, 2.45) is 15.3 Å². The number of thioether (sulfide) groups is 1. The van der Waals surface area contributed by atoms with Gasteiger partial charge in [0.1, 0.15) is 17.4 Å². The average molecular weight is 423 g/mol. The normalized spacial score (nSPS) is 13.5. The molecule has 0 aliphatic rings. The van der Waals surface area contributed by atoms with Crippen LogP contribution < -0.4 is 0 Å². The Morgan fingerprint density at radius 1 is 1.14 bits per heavy atom. The first kappa shape index (κ1) is 22.5. The number of benzene rings is 2. The molecule has 9 heteroatoms. The maximum absolute atomic E-state index is 12.9. The molecule has 0 fully saturated rings. The van der Waals surface area contributed by atoms with Crippen LogP contribution in [0.2, 0.25) is 0 Å². The molecule has 0 bridgehead atoms. The molecule has 2 aromatic rings. The van der Waals surface area contributed by atoms with Crippen LogP contribution in [0.1, 0.15) is 29.2 Å². The number of halogens is 3. The summed E-state index contributed by atoms with van der Waals surface area (Å²) in [7, 11) is 1.60. The minimum absolute atomic E-state index is 0.0386. The highest BCUT2D eigenvalue weighted by molar-refractivity contribution is 8.15. The molecule has 5 nitrogen and oxygen atoms in total. The van der Waals surface area contributed by atoms with E-state index < -0.39 is 11.7 Å². The van der Waals surface area contributed by atoms with Crippen molar-refractivity contribution in [3.8, 4) is 0 Å². The van der Waals surface area contributed by atoms with Crippen LogP contribution in [0.4, 0.5) is 13.2 Å². The smallest absolute Gasteiger partial charge is 0.410 e. The van der Waals surface area contributed by atoms with E-state index in [-0.39, 0.29) is 6.61 Å². The van der Waals surface area contributed by atoms with Crippen molar-refractivity contribution < 1.29 is 23.2 Å². The van der Waals surface area contributed by atoms with Gasteiger partial charge in [0.15, 0.2) is 0 Å². The van der Waals surface area contributed by atoms with Crippen LogP contribution in [0, 0.1) is 0 Å². The molecule has 0 spiro atoms. The van der Waals surface area contributed by atoms with Crippen molar-refractivity contribution in [1.29, 1.82) is 0 Å².